The zero-order valence-electron chi connectivity index (χ0n) is 11.2. The molecule has 0 aromatic heterocycles. The van der Waals surface area contributed by atoms with E-state index in [4.69, 9.17) is 14.6 Å². The molecule has 0 spiro atoms. The third-order valence-corrected chi connectivity index (χ3v) is 2.69. The molecule has 4 heteroatoms. The first-order chi connectivity index (χ1) is 9.69. The average Bonchev–Trinajstić information content (AvgIpc) is 2.46. The van der Waals surface area contributed by atoms with Crippen molar-refractivity contribution in [2.24, 2.45) is 0 Å². The predicted molar refractivity (Wildman–Crippen MR) is 75.3 cm³/mol. The van der Waals surface area contributed by atoms with Gasteiger partial charge < -0.3 is 14.6 Å². The van der Waals surface area contributed by atoms with E-state index < -0.39 is 5.97 Å². The SMILES string of the molecule is CCOc1cc(OCc2ccccc2)cc(C(=O)O)c1. The number of hydrogen-bond acceptors (Lipinski definition) is 3. The lowest BCUT2D eigenvalue weighted by atomic mass is 10.2. The zero-order valence-corrected chi connectivity index (χ0v) is 11.2. The van der Waals surface area contributed by atoms with Crippen molar-refractivity contribution in [2.45, 2.75) is 13.5 Å². The van der Waals surface area contributed by atoms with Crippen molar-refractivity contribution in [3.63, 3.8) is 0 Å². The van der Waals surface area contributed by atoms with Crippen LogP contribution in [-0.4, -0.2) is 17.7 Å². The van der Waals surface area contributed by atoms with Gasteiger partial charge in [-0.1, -0.05) is 30.3 Å². The van der Waals surface area contributed by atoms with Crippen LogP contribution >= 0.6 is 0 Å². The molecule has 104 valence electrons. The van der Waals surface area contributed by atoms with Gasteiger partial charge >= 0.3 is 5.97 Å². The Labute approximate surface area is 117 Å². The fourth-order valence-electron chi connectivity index (χ4n) is 1.77. The zero-order chi connectivity index (χ0) is 14.4. The van der Waals surface area contributed by atoms with Gasteiger partial charge in [-0.05, 0) is 24.6 Å². The lowest BCUT2D eigenvalue weighted by molar-refractivity contribution is 0.0695. The van der Waals surface area contributed by atoms with Crippen LogP contribution in [0.4, 0.5) is 0 Å². The molecule has 0 aliphatic heterocycles. The van der Waals surface area contributed by atoms with Crippen molar-refractivity contribution in [3.8, 4) is 11.5 Å². The van der Waals surface area contributed by atoms with E-state index in [0.717, 1.165) is 5.56 Å². The first kappa shape index (κ1) is 13.9. The first-order valence-electron chi connectivity index (χ1n) is 6.37. The summed E-state index contributed by atoms with van der Waals surface area (Å²) in [5, 5.41) is 9.08. The normalized spacial score (nSPS) is 10.1. The summed E-state index contributed by atoms with van der Waals surface area (Å²) in [7, 11) is 0. The monoisotopic (exact) mass is 272 g/mol. The Balaban J connectivity index is 2.15. The van der Waals surface area contributed by atoms with Crippen LogP contribution in [0.3, 0.4) is 0 Å². The van der Waals surface area contributed by atoms with Crippen LogP contribution in [0.25, 0.3) is 0 Å². The molecule has 0 atom stereocenters. The van der Waals surface area contributed by atoms with Gasteiger partial charge in [0, 0.05) is 6.07 Å². The number of ether oxygens (including phenoxy) is 2. The van der Waals surface area contributed by atoms with Crippen LogP contribution in [0.2, 0.25) is 0 Å². The topological polar surface area (TPSA) is 55.8 Å². The van der Waals surface area contributed by atoms with Crippen LogP contribution in [0, 0.1) is 0 Å². The molecule has 0 saturated carbocycles. The van der Waals surface area contributed by atoms with E-state index in [-0.39, 0.29) is 5.56 Å². The highest BCUT2D eigenvalue weighted by molar-refractivity contribution is 5.88. The Kier molecular flexibility index (Phi) is 4.60. The molecule has 0 fully saturated rings. The van der Waals surface area contributed by atoms with E-state index in [1.54, 1.807) is 6.07 Å². The Hall–Kier alpha value is -2.49. The smallest absolute Gasteiger partial charge is 0.335 e. The second-order valence-corrected chi connectivity index (χ2v) is 4.21. The molecule has 0 radical (unpaired) electrons. The number of rotatable bonds is 6. The Bertz CT molecular complexity index is 578. The lowest BCUT2D eigenvalue weighted by Gasteiger charge is -2.10. The van der Waals surface area contributed by atoms with E-state index in [1.165, 1.54) is 12.1 Å². The molecule has 1 N–H and O–H groups in total. The number of benzene rings is 2. The third-order valence-electron chi connectivity index (χ3n) is 2.69. The van der Waals surface area contributed by atoms with E-state index in [0.29, 0.717) is 24.7 Å². The second-order valence-electron chi connectivity index (χ2n) is 4.21. The fourth-order valence-corrected chi connectivity index (χ4v) is 1.77. The minimum Gasteiger partial charge on any atom is -0.494 e. The maximum absolute atomic E-state index is 11.1. The molecule has 2 rings (SSSR count). The quantitative estimate of drug-likeness (QED) is 0.876. The van der Waals surface area contributed by atoms with Gasteiger partial charge in [-0.3, -0.25) is 0 Å². The molecule has 4 nitrogen and oxygen atoms in total. The summed E-state index contributed by atoms with van der Waals surface area (Å²) in [4.78, 5) is 11.1. The summed E-state index contributed by atoms with van der Waals surface area (Å²) in [5.74, 6) is -0.0243. The molecule has 0 bridgehead atoms. The molecule has 0 heterocycles. The molecule has 2 aromatic carbocycles. The number of carboxylic acids is 1. The van der Waals surface area contributed by atoms with Gasteiger partial charge in [0.25, 0.3) is 0 Å². The summed E-state index contributed by atoms with van der Waals surface area (Å²) in [5.41, 5.74) is 1.17. The highest BCUT2D eigenvalue weighted by atomic mass is 16.5. The average molecular weight is 272 g/mol. The third kappa shape index (κ3) is 3.75. The van der Waals surface area contributed by atoms with Gasteiger partial charge in [-0.2, -0.15) is 0 Å². The minimum absolute atomic E-state index is 0.152. The molecule has 0 amide bonds. The molecule has 20 heavy (non-hydrogen) atoms. The van der Waals surface area contributed by atoms with Gasteiger partial charge in [-0.15, -0.1) is 0 Å². The van der Waals surface area contributed by atoms with Crippen LogP contribution < -0.4 is 9.47 Å². The Morgan fingerprint density at radius 1 is 1.05 bits per heavy atom. The van der Waals surface area contributed by atoms with Gasteiger partial charge in [0.2, 0.25) is 0 Å². The van der Waals surface area contributed by atoms with Crippen molar-refractivity contribution in [2.75, 3.05) is 6.61 Å². The van der Waals surface area contributed by atoms with Gasteiger partial charge in [-0.25, -0.2) is 4.79 Å². The number of carbonyl (C=O) groups is 1. The maximum Gasteiger partial charge on any atom is 0.335 e. The van der Waals surface area contributed by atoms with Crippen molar-refractivity contribution in [1.82, 2.24) is 0 Å². The fraction of sp³-hybridized carbons (Fsp3) is 0.188. The number of carboxylic acid groups (broad SMARTS) is 1. The van der Waals surface area contributed by atoms with Crippen molar-refractivity contribution in [3.05, 3.63) is 59.7 Å². The summed E-state index contributed by atoms with van der Waals surface area (Å²) in [6.45, 7) is 2.70. The molecule has 0 unspecified atom stereocenters. The standard InChI is InChI=1S/C16H16O4/c1-2-19-14-8-13(16(17)18)9-15(10-14)20-11-12-6-4-3-5-7-12/h3-10H,2,11H2,1H3,(H,17,18). The van der Waals surface area contributed by atoms with Crippen LogP contribution in [0.1, 0.15) is 22.8 Å². The summed E-state index contributed by atoms with van der Waals surface area (Å²) >= 11 is 0. The summed E-state index contributed by atoms with van der Waals surface area (Å²) < 4.78 is 11.0. The lowest BCUT2D eigenvalue weighted by Crippen LogP contribution is -2.01. The summed E-state index contributed by atoms with van der Waals surface area (Å²) in [6.07, 6.45) is 0. The van der Waals surface area contributed by atoms with Gasteiger partial charge in [0.15, 0.2) is 0 Å². The van der Waals surface area contributed by atoms with E-state index in [9.17, 15) is 4.79 Å². The highest BCUT2D eigenvalue weighted by Gasteiger charge is 2.08. The largest absolute Gasteiger partial charge is 0.494 e. The molecular weight excluding hydrogens is 256 g/mol. The molecule has 2 aromatic rings. The maximum atomic E-state index is 11.1. The van der Waals surface area contributed by atoms with Crippen LogP contribution in [0.15, 0.2) is 48.5 Å². The van der Waals surface area contributed by atoms with Crippen molar-refractivity contribution < 1.29 is 19.4 Å². The van der Waals surface area contributed by atoms with Crippen LogP contribution in [0.5, 0.6) is 11.5 Å². The minimum atomic E-state index is -1.00. The molecular formula is C16H16O4. The van der Waals surface area contributed by atoms with Crippen molar-refractivity contribution >= 4 is 5.97 Å². The summed E-state index contributed by atoms with van der Waals surface area (Å²) in [6, 6.07) is 14.4. The van der Waals surface area contributed by atoms with Crippen LogP contribution in [-0.2, 0) is 6.61 Å². The van der Waals surface area contributed by atoms with E-state index in [2.05, 4.69) is 0 Å². The van der Waals surface area contributed by atoms with Gasteiger partial charge in [0.05, 0.1) is 12.2 Å². The second kappa shape index (κ2) is 6.61. The number of hydrogen-bond donors (Lipinski definition) is 1. The first-order valence-corrected chi connectivity index (χ1v) is 6.37. The Morgan fingerprint density at radius 3 is 2.30 bits per heavy atom. The van der Waals surface area contributed by atoms with Gasteiger partial charge in [0.1, 0.15) is 18.1 Å². The number of aromatic carboxylic acids is 1. The molecule has 0 saturated heterocycles. The predicted octanol–water partition coefficient (Wildman–Crippen LogP) is 3.36. The molecule has 0 aliphatic carbocycles. The highest BCUT2D eigenvalue weighted by Crippen LogP contribution is 2.24. The Morgan fingerprint density at radius 2 is 1.70 bits per heavy atom. The van der Waals surface area contributed by atoms with Crippen molar-refractivity contribution in [1.29, 1.82) is 0 Å². The van der Waals surface area contributed by atoms with E-state index in [1.807, 2.05) is 37.3 Å². The van der Waals surface area contributed by atoms with E-state index >= 15 is 0 Å². The molecule has 0 aliphatic rings.